The number of benzene rings is 2. The summed E-state index contributed by atoms with van der Waals surface area (Å²) in [6.45, 7) is 5.53. The molecule has 1 atom stereocenters. The lowest BCUT2D eigenvalue weighted by molar-refractivity contribution is -0.140. The van der Waals surface area contributed by atoms with Crippen molar-refractivity contribution in [2.75, 3.05) is 20.1 Å². The molecule has 0 aliphatic rings. The highest BCUT2D eigenvalue weighted by molar-refractivity contribution is 9.10. The molecule has 2 aromatic carbocycles. The van der Waals surface area contributed by atoms with E-state index < -0.39 is 22.0 Å². The van der Waals surface area contributed by atoms with Gasteiger partial charge in [0, 0.05) is 24.6 Å². The third kappa shape index (κ3) is 6.62. The first-order valence-electron chi connectivity index (χ1n) is 9.91. The minimum absolute atomic E-state index is 0.115. The molecule has 0 aliphatic carbocycles. The quantitative estimate of drug-likeness (QED) is 0.562. The van der Waals surface area contributed by atoms with Gasteiger partial charge in [0.05, 0.1) is 11.4 Å². The summed E-state index contributed by atoms with van der Waals surface area (Å²) in [5, 5.41) is 2.72. The van der Waals surface area contributed by atoms with Gasteiger partial charge in [-0.05, 0) is 50.6 Å². The van der Waals surface area contributed by atoms with E-state index in [0.717, 1.165) is 19.9 Å². The molecule has 0 saturated heterocycles. The van der Waals surface area contributed by atoms with Crippen LogP contribution in [0, 0.1) is 6.92 Å². The van der Waals surface area contributed by atoms with Crippen LogP contribution < -0.4 is 5.32 Å². The van der Waals surface area contributed by atoms with Gasteiger partial charge in [-0.2, -0.15) is 4.31 Å². The average Bonchev–Trinajstić information content (AvgIpc) is 2.72. The van der Waals surface area contributed by atoms with Gasteiger partial charge in [0.2, 0.25) is 21.8 Å². The molecule has 0 fully saturated rings. The maximum absolute atomic E-state index is 13.2. The molecule has 168 valence electrons. The van der Waals surface area contributed by atoms with Gasteiger partial charge in [-0.25, -0.2) is 8.42 Å². The van der Waals surface area contributed by atoms with Gasteiger partial charge in [-0.1, -0.05) is 45.8 Å². The molecule has 7 nitrogen and oxygen atoms in total. The Balaban J connectivity index is 2.26. The van der Waals surface area contributed by atoms with Crippen LogP contribution in [0.25, 0.3) is 0 Å². The maximum Gasteiger partial charge on any atom is 0.243 e. The first-order chi connectivity index (χ1) is 14.6. The van der Waals surface area contributed by atoms with Crippen LogP contribution in [0.15, 0.2) is 57.9 Å². The molecular formula is C22H28BrN3O4S. The van der Waals surface area contributed by atoms with Gasteiger partial charge in [-0.3, -0.25) is 9.59 Å². The van der Waals surface area contributed by atoms with Crippen LogP contribution in [0.5, 0.6) is 0 Å². The molecule has 0 radical (unpaired) electrons. The van der Waals surface area contributed by atoms with Crippen molar-refractivity contribution in [2.24, 2.45) is 0 Å². The van der Waals surface area contributed by atoms with Crippen molar-refractivity contribution in [3.63, 3.8) is 0 Å². The first-order valence-corrected chi connectivity index (χ1v) is 12.1. The molecule has 0 spiro atoms. The fourth-order valence-corrected chi connectivity index (χ4v) is 4.56. The van der Waals surface area contributed by atoms with Crippen molar-refractivity contribution in [1.82, 2.24) is 14.5 Å². The second-order valence-electron chi connectivity index (χ2n) is 7.30. The summed E-state index contributed by atoms with van der Waals surface area (Å²) in [7, 11) is -2.48. The highest BCUT2D eigenvalue weighted by atomic mass is 79.9. The second-order valence-corrected chi connectivity index (χ2v) is 10.3. The van der Waals surface area contributed by atoms with Crippen molar-refractivity contribution in [3.8, 4) is 0 Å². The van der Waals surface area contributed by atoms with E-state index in [-0.39, 0.29) is 23.9 Å². The minimum atomic E-state index is -3.84. The Morgan fingerprint density at radius 1 is 1.13 bits per heavy atom. The van der Waals surface area contributed by atoms with Gasteiger partial charge in [0.15, 0.2) is 0 Å². The predicted octanol–water partition coefficient (Wildman–Crippen LogP) is 2.93. The van der Waals surface area contributed by atoms with Crippen LogP contribution >= 0.6 is 15.9 Å². The summed E-state index contributed by atoms with van der Waals surface area (Å²) in [6.07, 6.45) is 0. The zero-order valence-corrected chi connectivity index (χ0v) is 20.5. The zero-order chi connectivity index (χ0) is 23.2. The van der Waals surface area contributed by atoms with E-state index in [1.165, 1.54) is 24.1 Å². The van der Waals surface area contributed by atoms with Crippen LogP contribution in [0.1, 0.15) is 25.0 Å². The highest BCUT2D eigenvalue weighted by Crippen LogP contribution is 2.18. The zero-order valence-electron chi connectivity index (χ0n) is 18.1. The van der Waals surface area contributed by atoms with Crippen LogP contribution in [0.2, 0.25) is 0 Å². The predicted molar refractivity (Wildman–Crippen MR) is 124 cm³/mol. The SMILES string of the molecule is CCNC(=O)[C@@H](C)N(Cc1cccc(Br)c1)C(=O)CN(C)S(=O)(=O)c1ccc(C)cc1. The smallest absolute Gasteiger partial charge is 0.243 e. The summed E-state index contributed by atoms with van der Waals surface area (Å²) < 4.78 is 27.6. The van der Waals surface area contributed by atoms with E-state index in [1.54, 1.807) is 26.0 Å². The normalized spacial score (nSPS) is 12.5. The molecule has 2 rings (SSSR count). The van der Waals surface area contributed by atoms with Gasteiger partial charge < -0.3 is 10.2 Å². The average molecular weight is 510 g/mol. The lowest BCUT2D eigenvalue weighted by Gasteiger charge is -2.30. The van der Waals surface area contributed by atoms with E-state index in [9.17, 15) is 18.0 Å². The fourth-order valence-electron chi connectivity index (χ4n) is 2.99. The molecule has 0 unspecified atom stereocenters. The number of carbonyl (C=O) groups excluding carboxylic acids is 2. The highest BCUT2D eigenvalue weighted by Gasteiger charge is 2.30. The molecule has 2 amide bonds. The largest absolute Gasteiger partial charge is 0.355 e. The van der Waals surface area contributed by atoms with Crippen LogP contribution in [-0.4, -0.2) is 55.6 Å². The fraction of sp³-hybridized carbons (Fsp3) is 0.364. The Kier molecular flexibility index (Phi) is 8.79. The lowest BCUT2D eigenvalue weighted by atomic mass is 10.1. The maximum atomic E-state index is 13.2. The molecule has 31 heavy (non-hydrogen) atoms. The summed E-state index contributed by atoms with van der Waals surface area (Å²) in [4.78, 5) is 27.1. The molecule has 9 heteroatoms. The lowest BCUT2D eigenvalue weighted by Crippen LogP contribution is -2.50. The number of hydrogen-bond acceptors (Lipinski definition) is 4. The first kappa shape index (κ1) is 25.0. The summed E-state index contributed by atoms with van der Waals surface area (Å²) in [5.41, 5.74) is 1.76. The third-order valence-corrected chi connectivity index (χ3v) is 7.16. The van der Waals surface area contributed by atoms with E-state index >= 15 is 0 Å². The van der Waals surface area contributed by atoms with Gasteiger partial charge in [-0.15, -0.1) is 0 Å². The number of aryl methyl sites for hydroxylation is 1. The van der Waals surface area contributed by atoms with E-state index in [2.05, 4.69) is 21.2 Å². The van der Waals surface area contributed by atoms with E-state index in [0.29, 0.717) is 6.54 Å². The molecule has 0 saturated carbocycles. The number of amides is 2. The van der Waals surface area contributed by atoms with Crippen LogP contribution in [0.3, 0.4) is 0 Å². The molecule has 0 heterocycles. The summed E-state index contributed by atoms with van der Waals surface area (Å²) >= 11 is 3.41. The number of rotatable bonds is 9. The Hall–Kier alpha value is -2.23. The molecule has 0 bridgehead atoms. The number of nitrogens with zero attached hydrogens (tertiary/aromatic N) is 2. The van der Waals surface area contributed by atoms with Crippen molar-refractivity contribution in [3.05, 3.63) is 64.1 Å². The number of carbonyl (C=O) groups is 2. The Morgan fingerprint density at radius 2 is 1.77 bits per heavy atom. The van der Waals surface area contributed by atoms with Gasteiger partial charge in [0.25, 0.3) is 0 Å². The number of hydrogen-bond donors (Lipinski definition) is 1. The minimum Gasteiger partial charge on any atom is -0.355 e. The van der Waals surface area contributed by atoms with Crippen molar-refractivity contribution in [1.29, 1.82) is 0 Å². The Labute approximate surface area is 192 Å². The summed E-state index contributed by atoms with van der Waals surface area (Å²) in [6, 6.07) is 13.1. The van der Waals surface area contributed by atoms with Crippen molar-refractivity contribution in [2.45, 2.75) is 38.3 Å². The topological polar surface area (TPSA) is 86.8 Å². The molecule has 0 aliphatic heterocycles. The van der Waals surface area contributed by atoms with E-state index in [1.807, 2.05) is 31.2 Å². The van der Waals surface area contributed by atoms with Crippen molar-refractivity contribution >= 4 is 37.8 Å². The van der Waals surface area contributed by atoms with Gasteiger partial charge in [0.1, 0.15) is 6.04 Å². The van der Waals surface area contributed by atoms with Gasteiger partial charge >= 0.3 is 0 Å². The monoisotopic (exact) mass is 509 g/mol. The third-order valence-electron chi connectivity index (χ3n) is 4.85. The second kappa shape index (κ2) is 10.9. The standard InChI is InChI=1S/C22H28BrN3O4S/c1-5-24-22(28)17(3)26(14-18-7-6-8-19(23)13-18)21(27)15-25(4)31(29,30)20-11-9-16(2)10-12-20/h6-13,17H,5,14-15H2,1-4H3,(H,24,28)/t17-/m1/s1. The van der Waals surface area contributed by atoms with Crippen molar-refractivity contribution < 1.29 is 18.0 Å². The molecular weight excluding hydrogens is 482 g/mol. The number of sulfonamides is 1. The number of halogens is 1. The Morgan fingerprint density at radius 3 is 2.35 bits per heavy atom. The molecule has 1 N–H and O–H groups in total. The molecule has 2 aromatic rings. The van der Waals surface area contributed by atoms with Crippen LogP contribution in [-0.2, 0) is 26.2 Å². The molecule has 0 aromatic heterocycles. The number of nitrogens with one attached hydrogen (secondary N) is 1. The van der Waals surface area contributed by atoms with E-state index in [4.69, 9.17) is 0 Å². The Bertz CT molecular complexity index is 1030. The summed E-state index contributed by atoms with van der Waals surface area (Å²) in [5.74, 6) is -0.758. The number of likely N-dealkylation sites (N-methyl/N-ethyl adjacent to an activating group) is 2. The van der Waals surface area contributed by atoms with Crippen LogP contribution in [0.4, 0.5) is 0 Å².